The second-order valence-corrected chi connectivity index (χ2v) is 12.8. The molecule has 11 heteroatoms. The number of piperazine rings is 1. The van der Waals surface area contributed by atoms with Crippen LogP contribution in [-0.2, 0) is 22.4 Å². The molecule has 0 saturated carbocycles. The largest absolute Gasteiger partial charge is 0.462 e. The molecule has 0 spiro atoms. The second-order valence-electron chi connectivity index (χ2n) is 9.78. The fourth-order valence-electron chi connectivity index (χ4n) is 5.06. The Morgan fingerprint density at radius 1 is 1.13 bits per heavy atom. The van der Waals surface area contributed by atoms with Crippen molar-refractivity contribution in [2.24, 2.45) is 5.92 Å². The van der Waals surface area contributed by atoms with Crippen LogP contribution in [0, 0.1) is 5.92 Å². The fraction of sp³-hybridized carbons (Fsp3) is 0.444. The zero-order valence-electron chi connectivity index (χ0n) is 21.3. The highest BCUT2D eigenvalue weighted by Gasteiger charge is 2.30. The molecule has 0 radical (unpaired) electrons. The Morgan fingerprint density at radius 3 is 2.63 bits per heavy atom. The monoisotopic (exact) mass is 593 g/mol. The highest BCUT2D eigenvalue weighted by atomic mass is 35.5. The zero-order valence-corrected chi connectivity index (χ0v) is 24.4. The van der Waals surface area contributed by atoms with E-state index in [0.29, 0.717) is 57.6 Å². The standard InChI is InChI=1S/C27H29Cl2N3O4S2/c1-3-36-27(35)22-17-6-4-15(2)12-19(17)38-25(22)30-21(33)14-31-8-10-32(11-9-31)26(34)24-23(29)18-7-5-16(28)13-20(18)37-24/h5,7,13,15H,3-4,6,8-12,14H2,1-2H3,(H,30,33)/t15-/m1/s1. The predicted molar refractivity (Wildman–Crippen MR) is 154 cm³/mol. The molecule has 1 atom stereocenters. The van der Waals surface area contributed by atoms with E-state index in [1.807, 2.05) is 17.0 Å². The maximum Gasteiger partial charge on any atom is 0.341 e. The van der Waals surface area contributed by atoms with E-state index in [1.165, 1.54) is 22.7 Å². The molecule has 1 N–H and O–H groups in total. The maximum absolute atomic E-state index is 13.2. The topological polar surface area (TPSA) is 79.0 Å². The number of thiophene rings is 2. The van der Waals surface area contributed by atoms with Gasteiger partial charge in [-0.05, 0) is 49.8 Å². The Morgan fingerprint density at radius 2 is 1.89 bits per heavy atom. The summed E-state index contributed by atoms with van der Waals surface area (Å²) in [5, 5.41) is 5.46. The molecule has 3 heterocycles. The predicted octanol–water partition coefficient (Wildman–Crippen LogP) is 5.97. The van der Waals surface area contributed by atoms with Crippen molar-refractivity contribution in [1.29, 1.82) is 0 Å². The number of nitrogens with one attached hydrogen (secondary N) is 1. The quantitative estimate of drug-likeness (QED) is 0.356. The zero-order chi connectivity index (χ0) is 27.0. The lowest BCUT2D eigenvalue weighted by Crippen LogP contribution is -2.50. The molecule has 1 aromatic carbocycles. The smallest absolute Gasteiger partial charge is 0.341 e. The minimum absolute atomic E-state index is 0.103. The normalized spacial score (nSPS) is 17.9. The SMILES string of the molecule is CCOC(=O)c1c(NC(=O)CN2CCN(C(=O)c3sc4cc(Cl)ccc4c3Cl)CC2)sc2c1CC[C@@H](C)C2. The van der Waals surface area contributed by atoms with Gasteiger partial charge in [0.1, 0.15) is 9.88 Å². The molecular formula is C27H29Cl2N3O4S2. The van der Waals surface area contributed by atoms with Crippen molar-refractivity contribution in [3.05, 3.63) is 49.1 Å². The molecule has 5 rings (SSSR count). The highest BCUT2D eigenvalue weighted by molar-refractivity contribution is 7.21. The summed E-state index contributed by atoms with van der Waals surface area (Å²) in [5.74, 6) is -0.0940. The number of amides is 2. The van der Waals surface area contributed by atoms with Gasteiger partial charge in [-0.3, -0.25) is 14.5 Å². The van der Waals surface area contributed by atoms with Gasteiger partial charge >= 0.3 is 5.97 Å². The summed E-state index contributed by atoms with van der Waals surface area (Å²) < 4.78 is 6.19. The van der Waals surface area contributed by atoms with Crippen molar-refractivity contribution in [1.82, 2.24) is 9.80 Å². The molecule has 1 aliphatic carbocycles. The molecule has 2 aliphatic rings. The summed E-state index contributed by atoms with van der Waals surface area (Å²) in [4.78, 5) is 44.4. The van der Waals surface area contributed by atoms with Crippen molar-refractivity contribution in [2.45, 2.75) is 33.1 Å². The Bertz CT molecular complexity index is 1390. The summed E-state index contributed by atoms with van der Waals surface area (Å²) >= 11 is 15.5. The number of hydrogen-bond acceptors (Lipinski definition) is 7. The van der Waals surface area contributed by atoms with Gasteiger partial charge in [-0.2, -0.15) is 0 Å². The van der Waals surface area contributed by atoms with Crippen LogP contribution in [0.25, 0.3) is 10.1 Å². The van der Waals surface area contributed by atoms with Gasteiger partial charge in [0.05, 0.1) is 23.7 Å². The van der Waals surface area contributed by atoms with E-state index in [0.717, 1.165) is 39.8 Å². The Balaban J connectivity index is 1.21. The van der Waals surface area contributed by atoms with E-state index in [2.05, 4.69) is 12.2 Å². The Labute approximate surface area is 239 Å². The van der Waals surface area contributed by atoms with Gasteiger partial charge in [-0.25, -0.2) is 4.79 Å². The second kappa shape index (κ2) is 11.5. The Hall–Kier alpha value is -2.17. The number of carbonyl (C=O) groups is 3. The van der Waals surface area contributed by atoms with Crippen molar-refractivity contribution in [3.8, 4) is 0 Å². The van der Waals surface area contributed by atoms with Gasteiger partial charge < -0.3 is 15.0 Å². The minimum atomic E-state index is -0.371. The number of hydrogen-bond donors (Lipinski definition) is 1. The lowest BCUT2D eigenvalue weighted by molar-refractivity contribution is -0.117. The molecule has 38 heavy (non-hydrogen) atoms. The highest BCUT2D eigenvalue weighted by Crippen LogP contribution is 2.40. The average molecular weight is 595 g/mol. The van der Waals surface area contributed by atoms with Crippen LogP contribution in [0.1, 0.15) is 50.7 Å². The molecule has 0 unspecified atom stereocenters. The third kappa shape index (κ3) is 5.58. The van der Waals surface area contributed by atoms with Crippen LogP contribution >= 0.6 is 45.9 Å². The van der Waals surface area contributed by atoms with E-state index in [9.17, 15) is 14.4 Å². The van der Waals surface area contributed by atoms with Gasteiger partial charge in [0, 0.05) is 46.2 Å². The summed E-state index contributed by atoms with van der Waals surface area (Å²) in [7, 11) is 0. The first-order valence-corrected chi connectivity index (χ1v) is 15.1. The molecule has 7 nitrogen and oxygen atoms in total. The minimum Gasteiger partial charge on any atom is -0.462 e. The maximum atomic E-state index is 13.2. The average Bonchev–Trinajstić information content (AvgIpc) is 3.40. The van der Waals surface area contributed by atoms with Gasteiger partial charge in [0.2, 0.25) is 5.91 Å². The van der Waals surface area contributed by atoms with Gasteiger partial charge in [-0.15, -0.1) is 22.7 Å². The van der Waals surface area contributed by atoms with Gasteiger partial charge in [-0.1, -0.05) is 36.2 Å². The first kappa shape index (κ1) is 27.4. The molecule has 0 bridgehead atoms. The van der Waals surface area contributed by atoms with Crippen LogP contribution in [0.3, 0.4) is 0 Å². The number of esters is 1. The van der Waals surface area contributed by atoms with Crippen LogP contribution in [0.2, 0.25) is 10.0 Å². The summed E-state index contributed by atoms with van der Waals surface area (Å²) in [5.41, 5.74) is 1.54. The number of ether oxygens (including phenoxy) is 1. The van der Waals surface area contributed by atoms with Crippen molar-refractivity contribution in [2.75, 3.05) is 44.6 Å². The molecule has 1 fully saturated rings. The van der Waals surface area contributed by atoms with Crippen LogP contribution in [0.15, 0.2) is 18.2 Å². The first-order valence-electron chi connectivity index (χ1n) is 12.8. The number of nitrogens with zero attached hydrogens (tertiary/aromatic N) is 2. The van der Waals surface area contributed by atoms with Crippen LogP contribution < -0.4 is 5.32 Å². The Kier molecular flexibility index (Phi) is 8.30. The van der Waals surface area contributed by atoms with Crippen LogP contribution in [0.5, 0.6) is 0 Å². The van der Waals surface area contributed by atoms with E-state index >= 15 is 0 Å². The molecular weight excluding hydrogens is 565 g/mol. The molecule has 202 valence electrons. The summed E-state index contributed by atoms with van der Waals surface area (Å²) in [6.45, 7) is 6.59. The number of anilines is 1. The van der Waals surface area contributed by atoms with Gasteiger partial charge in [0.15, 0.2) is 0 Å². The van der Waals surface area contributed by atoms with E-state index < -0.39 is 0 Å². The summed E-state index contributed by atoms with van der Waals surface area (Å²) in [6.07, 6.45) is 2.76. The van der Waals surface area contributed by atoms with E-state index in [4.69, 9.17) is 27.9 Å². The molecule has 2 amide bonds. The number of fused-ring (bicyclic) bond motifs is 2. The number of benzene rings is 1. The molecule has 3 aromatic rings. The van der Waals surface area contributed by atoms with Crippen molar-refractivity contribution in [3.63, 3.8) is 0 Å². The number of rotatable bonds is 6. The molecule has 1 aliphatic heterocycles. The van der Waals surface area contributed by atoms with Gasteiger partial charge in [0.25, 0.3) is 5.91 Å². The summed E-state index contributed by atoms with van der Waals surface area (Å²) in [6, 6.07) is 5.42. The van der Waals surface area contributed by atoms with E-state index in [-0.39, 0.29) is 30.9 Å². The lowest BCUT2D eigenvalue weighted by atomic mass is 9.88. The van der Waals surface area contributed by atoms with E-state index in [1.54, 1.807) is 17.9 Å². The van der Waals surface area contributed by atoms with Crippen LogP contribution in [0.4, 0.5) is 5.00 Å². The van der Waals surface area contributed by atoms with Crippen molar-refractivity contribution < 1.29 is 19.1 Å². The number of halogens is 2. The molecule has 2 aromatic heterocycles. The third-order valence-corrected chi connectivity index (χ3v) is 10.1. The lowest BCUT2D eigenvalue weighted by Gasteiger charge is -2.34. The number of carbonyl (C=O) groups excluding carboxylic acids is 3. The van der Waals surface area contributed by atoms with Crippen LogP contribution in [-0.4, -0.2) is 66.9 Å². The van der Waals surface area contributed by atoms with Crippen molar-refractivity contribution >= 4 is 78.7 Å². The fourth-order valence-corrected chi connectivity index (χ4v) is 8.23. The first-order chi connectivity index (χ1) is 18.2. The third-order valence-electron chi connectivity index (χ3n) is 7.06. The molecule has 1 saturated heterocycles.